The van der Waals surface area contributed by atoms with Crippen molar-refractivity contribution in [3.05, 3.63) is 84.4 Å². The largest absolute Gasteiger partial charge is 0.457 e. The molecule has 0 aliphatic rings. The summed E-state index contributed by atoms with van der Waals surface area (Å²) in [5.41, 5.74) is 6.24. The molecule has 8 nitrogen and oxygen atoms in total. The van der Waals surface area contributed by atoms with Crippen molar-refractivity contribution in [3.8, 4) is 11.5 Å². The van der Waals surface area contributed by atoms with E-state index in [0.717, 1.165) is 5.69 Å². The van der Waals surface area contributed by atoms with E-state index in [4.69, 9.17) is 10.5 Å². The number of ether oxygens (including phenoxy) is 1. The van der Waals surface area contributed by atoms with Gasteiger partial charge in [-0.25, -0.2) is 12.8 Å². The van der Waals surface area contributed by atoms with Crippen LogP contribution < -0.4 is 10.5 Å². The lowest BCUT2D eigenvalue weighted by molar-refractivity contribution is -0.132. The number of amides is 1. The number of rotatable bonds is 10. The fraction of sp³-hybridized carbons (Fsp3) is 0.217. The predicted octanol–water partition coefficient (Wildman–Crippen LogP) is 3.96. The van der Waals surface area contributed by atoms with Gasteiger partial charge in [-0.2, -0.15) is 0 Å². The van der Waals surface area contributed by atoms with E-state index in [9.17, 15) is 22.8 Å². The first-order valence-electron chi connectivity index (χ1n) is 10.1. The van der Waals surface area contributed by atoms with Gasteiger partial charge in [0, 0.05) is 16.7 Å². The number of hydrogen-bond acceptors (Lipinski definition) is 7. The van der Waals surface area contributed by atoms with Crippen molar-refractivity contribution in [1.29, 1.82) is 0 Å². The van der Waals surface area contributed by atoms with Crippen LogP contribution in [0.4, 0.5) is 4.39 Å². The zero-order chi connectivity index (χ0) is 24.9. The topological polar surface area (TPSA) is 123 Å². The Balaban J connectivity index is 1.78. The Kier molecular flexibility index (Phi) is 7.93. The monoisotopic (exact) mass is 505 g/mol. The summed E-state index contributed by atoms with van der Waals surface area (Å²) in [6, 6.07) is 14.4. The number of pyridine rings is 1. The van der Waals surface area contributed by atoms with Crippen LogP contribution in [0.1, 0.15) is 19.5 Å². The van der Waals surface area contributed by atoms with Crippen LogP contribution in [0.15, 0.2) is 77.8 Å². The molecule has 0 aliphatic heterocycles. The van der Waals surface area contributed by atoms with Crippen LogP contribution in [0, 0.1) is 5.82 Å². The van der Waals surface area contributed by atoms with E-state index in [1.807, 2.05) is 6.07 Å². The lowest BCUT2D eigenvalue weighted by Crippen LogP contribution is -2.55. The highest BCUT2D eigenvalue weighted by Crippen LogP contribution is 2.35. The number of benzene rings is 2. The van der Waals surface area contributed by atoms with Gasteiger partial charge in [-0.1, -0.05) is 10.5 Å². The maximum Gasteiger partial charge on any atom is 0.265 e. The Hall–Kier alpha value is -2.99. The quantitative estimate of drug-likeness (QED) is 0.400. The van der Waals surface area contributed by atoms with Gasteiger partial charge >= 0.3 is 0 Å². The molecule has 1 amide bonds. The third kappa shape index (κ3) is 6.11. The van der Waals surface area contributed by atoms with Crippen molar-refractivity contribution in [2.45, 2.75) is 35.3 Å². The maximum atomic E-state index is 13.1. The first kappa shape index (κ1) is 25.6. The minimum absolute atomic E-state index is 0.0105. The number of halogens is 1. The summed E-state index contributed by atoms with van der Waals surface area (Å²) in [6.07, 6.45) is 1.63. The maximum absolute atomic E-state index is 13.1. The van der Waals surface area contributed by atoms with Crippen LogP contribution in [-0.4, -0.2) is 39.8 Å². The van der Waals surface area contributed by atoms with Gasteiger partial charge in [0.05, 0.1) is 10.6 Å². The standard InChI is InChI=1S/C23H24FN3O5S2/c1-23(2,33-15-17-5-3-4-14-26-17)21(22(25)28)27(29)34(30,31)20-12-10-19(11-13-20)32-18-8-6-16(24)7-9-18/h3-14,21,29H,15H2,1-2H3,(H2,25,28)/t21-/m0/s1. The number of hydroxylamine groups is 1. The average molecular weight is 506 g/mol. The molecule has 0 fully saturated rings. The van der Waals surface area contributed by atoms with Crippen molar-refractivity contribution >= 4 is 27.7 Å². The van der Waals surface area contributed by atoms with Crippen molar-refractivity contribution in [3.63, 3.8) is 0 Å². The van der Waals surface area contributed by atoms with Gasteiger partial charge in [-0.05, 0) is 74.5 Å². The molecule has 3 aromatic rings. The van der Waals surface area contributed by atoms with E-state index < -0.39 is 32.5 Å². The molecule has 3 rings (SSSR count). The zero-order valence-electron chi connectivity index (χ0n) is 18.5. The Labute approximate surface area is 201 Å². The molecule has 0 radical (unpaired) electrons. The van der Waals surface area contributed by atoms with Crippen LogP contribution >= 0.6 is 11.8 Å². The summed E-state index contributed by atoms with van der Waals surface area (Å²) < 4.78 is 43.7. The molecule has 1 heterocycles. The molecule has 0 unspecified atom stereocenters. The number of carbonyl (C=O) groups is 1. The van der Waals surface area contributed by atoms with Crippen LogP contribution in [0.3, 0.4) is 0 Å². The lowest BCUT2D eigenvalue weighted by Gasteiger charge is -2.35. The molecule has 1 atom stereocenters. The molecule has 0 saturated heterocycles. The minimum Gasteiger partial charge on any atom is -0.457 e. The lowest BCUT2D eigenvalue weighted by atomic mass is 10.0. The summed E-state index contributed by atoms with van der Waals surface area (Å²) in [7, 11) is -4.49. The normalized spacial score (nSPS) is 13.0. The van der Waals surface area contributed by atoms with Crippen molar-refractivity contribution in [2.75, 3.05) is 0 Å². The number of thioether (sulfide) groups is 1. The molecule has 0 saturated carbocycles. The van der Waals surface area contributed by atoms with E-state index in [0.29, 0.717) is 17.3 Å². The third-order valence-corrected chi connectivity index (χ3v) is 7.86. The van der Waals surface area contributed by atoms with Gasteiger partial charge in [0.2, 0.25) is 5.91 Å². The van der Waals surface area contributed by atoms with Crippen LogP contribution in [0.2, 0.25) is 0 Å². The van der Waals surface area contributed by atoms with E-state index in [1.165, 1.54) is 60.3 Å². The van der Waals surface area contributed by atoms with Crippen molar-refractivity contribution in [2.24, 2.45) is 5.73 Å². The average Bonchev–Trinajstić information content (AvgIpc) is 2.80. The molecular formula is C23H24FN3O5S2. The van der Waals surface area contributed by atoms with E-state index >= 15 is 0 Å². The molecule has 0 aliphatic carbocycles. The van der Waals surface area contributed by atoms with E-state index in [-0.39, 0.29) is 9.36 Å². The van der Waals surface area contributed by atoms with E-state index in [2.05, 4.69) is 4.98 Å². The van der Waals surface area contributed by atoms with Crippen LogP contribution in [-0.2, 0) is 20.6 Å². The number of sulfonamides is 1. The van der Waals surface area contributed by atoms with Crippen molar-refractivity contribution < 1.29 is 27.5 Å². The summed E-state index contributed by atoms with van der Waals surface area (Å²) in [4.78, 5) is 16.2. The van der Waals surface area contributed by atoms with Crippen LogP contribution in [0.25, 0.3) is 0 Å². The molecular weight excluding hydrogens is 481 g/mol. The smallest absolute Gasteiger partial charge is 0.265 e. The summed E-state index contributed by atoms with van der Waals surface area (Å²) in [6.45, 7) is 3.24. The number of nitrogens with zero attached hydrogens (tertiary/aromatic N) is 2. The minimum atomic E-state index is -4.49. The van der Waals surface area contributed by atoms with Crippen molar-refractivity contribution in [1.82, 2.24) is 9.45 Å². The summed E-state index contributed by atoms with van der Waals surface area (Å²) in [5, 5.41) is 10.7. The highest BCUT2D eigenvalue weighted by atomic mass is 32.2. The number of carbonyl (C=O) groups excluding carboxylic acids is 1. The number of aromatic nitrogens is 1. The second-order valence-electron chi connectivity index (χ2n) is 7.82. The van der Waals surface area contributed by atoms with Gasteiger partial charge in [0.15, 0.2) is 0 Å². The highest BCUT2D eigenvalue weighted by molar-refractivity contribution is 8.00. The van der Waals surface area contributed by atoms with Gasteiger partial charge < -0.3 is 10.5 Å². The Morgan fingerprint density at radius 3 is 2.24 bits per heavy atom. The molecule has 3 N–H and O–H groups in total. The molecule has 0 bridgehead atoms. The Bertz CT molecular complexity index is 1220. The number of nitrogens with two attached hydrogens (primary N) is 1. The van der Waals surface area contributed by atoms with Gasteiger partial charge in [0.25, 0.3) is 10.0 Å². The molecule has 1 aromatic heterocycles. The summed E-state index contributed by atoms with van der Waals surface area (Å²) >= 11 is 1.24. The molecule has 2 aromatic carbocycles. The first-order chi connectivity index (χ1) is 16.0. The Morgan fingerprint density at radius 1 is 1.12 bits per heavy atom. The van der Waals surface area contributed by atoms with E-state index in [1.54, 1.807) is 32.2 Å². The second-order valence-corrected chi connectivity index (χ2v) is 11.2. The molecule has 34 heavy (non-hydrogen) atoms. The molecule has 180 valence electrons. The third-order valence-electron chi connectivity index (χ3n) is 4.88. The zero-order valence-corrected chi connectivity index (χ0v) is 20.1. The Morgan fingerprint density at radius 2 is 1.71 bits per heavy atom. The summed E-state index contributed by atoms with van der Waals surface area (Å²) in [5.74, 6) is -0.377. The molecule has 11 heteroatoms. The highest BCUT2D eigenvalue weighted by Gasteiger charge is 2.44. The molecule has 0 spiro atoms. The first-order valence-corrected chi connectivity index (χ1v) is 12.5. The van der Waals surface area contributed by atoms with Gasteiger partial charge in [-0.3, -0.25) is 15.0 Å². The second kappa shape index (κ2) is 10.5. The number of hydrogen-bond donors (Lipinski definition) is 2. The van der Waals surface area contributed by atoms with Crippen LogP contribution in [0.5, 0.6) is 11.5 Å². The van der Waals surface area contributed by atoms with Gasteiger partial charge in [-0.15, -0.1) is 11.8 Å². The fourth-order valence-corrected chi connectivity index (χ4v) is 5.58. The van der Waals surface area contributed by atoms with Gasteiger partial charge in [0.1, 0.15) is 23.4 Å². The number of primary amides is 1. The predicted molar refractivity (Wildman–Crippen MR) is 126 cm³/mol. The SMILES string of the molecule is CC(C)(SCc1ccccn1)[C@H](C(N)=O)N(O)S(=O)(=O)c1ccc(Oc2ccc(F)cc2)cc1. The fourth-order valence-electron chi connectivity index (χ4n) is 3.10.